The molecular weight excluding hydrogens is 314 g/mol. The van der Waals surface area contributed by atoms with Gasteiger partial charge < -0.3 is 16.0 Å². The van der Waals surface area contributed by atoms with Gasteiger partial charge in [-0.25, -0.2) is 0 Å². The maximum Gasteiger partial charge on any atom is 0.255 e. The predicted molar refractivity (Wildman–Crippen MR) is 100.0 cm³/mol. The fourth-order valence-corrected chi connectivity index (χ4v) is 3.01. The molecule has 0 aromatic heterocycles. The molecule has 1 aliphatic rings. The number of anilines is 2. The number of nitrogens with one attached hydrogen (secondary N) is 1. The maximum absolute atomic E-state index is 12.3. The molecule has 5 nitrogen and oxygen atoms in total. The number of benzene rings is 2. The fraction of sp³-hybridized carbons (Fsp3) is 0.300. The molecule has 25 heavy (non-hydrogen) atoms. The number of hydrogen-bond acceptors (Lipinski definition) is 3. The Balaban J connectivity index is 1.62. The average Bonchev–Trinajstić information content (AvgIpc) is 2.63. The standard InChI is InChI=1S/C20H23N3O2/c1-14-10-12-23(13-11-14)18-8-6-17(7-9-18)22-20(25)16-4-2-15(3-5-16)19(21)24/h2-9,14H,10-13H2,1H3,(H2,21,24)(H,22,25). The molecule has 3 rings (SSSR count). The molecule has 1 aliphatic heterocycles. The molecule has 2 amide bonds. The molecular formula is C20H23N3O2. The lowest BCUT2D eigenvalue weighted by Gasteiger charge is -2.32. The molecule has 1 heterocycles. The topological polar surface area (TPSA) is 75.4 Å². The van der Waals surface area contributed by atoms with E-state index in [1.807, 2.05) is 24.3 Å². The molecule has 0 aliphatic carbocycles. The highest BCUT2D eigenvalue weighted by molar-refractivity contribution is 6.05. The third kappa shape index (κ3) is 4.18. The first-order valence-corrected chi connectivity index (χ1v) is 8.59. The first-order chi connectivity index (χ1) is 12.0. The Kier molecular flexibility index (Phi) is 5.03. The minimum atomic E-state index is -0.505. The molecule has 130 valence electrons. The lowest BCUT2D eigenvalue weighted by molar-refractivity contribution is 0.0995. The van der Waals surface area contributed by atoms with E-state index in [2.05, 4.69) is 17.1 Å². The van der Waals surface area contributed by atoms with Crippen molar-refractivity contribution in [3.63, 3.8) is 0 Å². The van der Waals surface area contributed by atoms with Crippen molar-refractivity contribution in [2.24, 2.45) is 11.7 Å². The highest BCUT2D eigenvalue weighted by atomic mass is 16.2. The van der Waals surface area contributed by atoms with Gasteiger partial charge in [0.25, 0.3) is 5.91 Å². The monoisotopic (exact) mass is 337 g/mol. The SMILES string of the molecule is CC1CCN(c2ccc(NC(=O)c3ccc(C(N)=O)cc3)cc2)CC1. The Morgan fingerprint density at radius 1 is 0.960 bits per heavy atom. The number of hydrogen-bond donors (Lipinski definition) is 2. The second-order valence-electron chi connectivity index (χ2n) is 6.61. The summed E-state index contributed by atoms with van der Waals surface area (Å²) in [6.07, 6.45) is 2.44. The van der Waals surface area contributed by atoms with Crippen LogP contribution in [0.15, 0.2) is 48.5 Å². The van der Waals surface area contributed by atoms with Crippen LogP contribution in [0.4, 0.5) is 11.4 Å². The summed E-state index contributed by atoms with van der Waals surface area (Å²) in [5.74, 6) is 0.0842. The third-order valence-electron chi connectivity index (χ3n) is 4.71. The van der Waals surface area contributed by atoms with Crippen molar-refractivity contribution in [3.05, 3.63) is 59.7 Å². The quantitative estimate of drug-likeness (QED) is 0.899. The number of amides is 2. The molecule has 0 spiro atoms. The second-order valence-corrected chi connectivity index (χ2v) is 6.61. The number of piperidine rings is 1. The van der Waals surface area contributed by atoms with Gasteiger partial charge in [-0.3, -0.25) is 9.59 Å². The van der Waals surface area contributed by atoms with Crippen molar-refractivity contribution in [2.45, 2.75) is 19.8 Å². The zero-order valence-corrected chi connectivity index (χ0v) is 14.4. The van der Waals surface area contributed by atoms with Crippen LogP contribution in [0, 0.1) is 5.92 Å². The Labute approximate surface area is 147 Å². The van der Waals surface area contributed by atoms with E-state index in [0.717, 1.165) is 24.7 Å². The molecule has 0 radical (unpaired) electrons. The molecule has 1 fully saturated rings. The van der Waals surface area contributed by atoms with Gasteiger partial charge in [-0.05, 0) is 67.3 Å². The molecule has 2 aromatic carbocycles. The summed E-state index contributed by atoms with van der Waals surface area (Å²) in [6.45, 7) is 4.46. The number of carbonyl (C=O) groups is 2. The van der Waals surface area contributed by atoms with Crippen molar-refractivity contribution < 1.29 is 9.59 Å². The highest BCUT2D eigenvalue weighted by Crippen LogP contribution is 2.24. The average molecular weight is 337 g/mol. The van der Waals surface area contributed by atoms with Crippen LogP contribution < -0.4 is 16.0 Å². The highest BCUT2D eigenvalue weighted by Gasteiger charge is 2.16. The summed E-state index contributed by atoms with van der Waals surface area (Å²) < 4.78 is 0. The Morgan fingerprint density at radius 3 is 2.08 bits per heavy atom. The van der Waals surface area contributed by atoms with Gasteiger partial charge in [0.15, 0.2) is 0 Å². The summed E-state index contributed by atoms with van der Waals surface area (Å²) in [6, 6.07) is 14.2. The van der Waals surface area contributed by atoms with Crippen molar-refractivity contribution >= 4 is 23.2 Å². The van der Waals surface area contributed by atoms with Crippen molar-refractivity contribution in [1.29, 1.82) is 0 Å². The van der Waals surface area contributed by atoms with Gasteiger partial charge >= 0.3 is 0 Å². The third-order valence-corrected chi connectivity index (χ3v) is 4.71. The maximum atomic E-state index is 12.3. The molecule has 0 unspecified atom stereocenters. The lowest BCUT2D eigenvalue weighted by atomic mass is 9.99. The van der Waals surface area contributed by atoms with E-state index < -0.39 is 5.91 Å². The first kappa shape index (κ1) is 17.0. The minimum Gasteiger partial charge on any atom is -0.372 e. The van der Waals surface area contributed by atoms with E-state index in [-0.39, 0.29) is 5.91 Å². The van der Waals surface area contributed by atoms with Gasteiger partial charge in [-0.15, -0.1) is 0 Å². The van der Waals surface area contributed by atoms with E-state index >= 15 is 0 Å². The van der Waals surface area contributed by atoms with Crippen LogP contribution in [-0.4, -0.2) is 24.9 Å². The number of nitrogens with zero attached hydrogens (tertiary/aromatic N) is 1. The summed E-state index contributed by atoms with van der Waals surface area (Å²) in [4.78, 5) is 25.7. The Hall–Kier alpha value is -2.82. The van der Waals surface area contributed by atoms with Gasteiger partial charge in [0, 0.05) is 35.6 Å². The largest absolute Gasteiger partial charge is 0.372 e. The van der Waals surface area contributed by atoms with Crippen molar-refractivity contribution in [1.82, 2.24) is 0 Å². The van der Waals surface area contributed by atoms with Gasteiger partial charge in [-0.2, -0.15) is 0 Å². The molecule has 1 saturated heterocycles. The Morgan fingerprint density at radius 2 is 1.52 bits per heavy atom. The molecule has 0 saturated carbocycles. The van der Waals surface area contributed by atoms with E-state index in [1.54, 1.807) is 24.3 Å². The summed E-state index contributed by atoms with van der Waals surface area (Å²) in [5, 5.41) is 2.87. The van der Waals surface area contributed by atoms with Gasteiger partial charge in [-0.1, -0.05) is 6.92 Å². The smallest absolute Gasteiger partial charge is 0.255 e. The molecule has 3 N–H and O–H groups in total. The zero-order chi connectivity index (χ0) is 17.8. The van der Waals surface area contributed by atoms with E-state index in [9.17, 15) is 9.59 Å². The van der Waals surface area contributed by atoms with Gasteiger partial charge in [0.05, 0.1) is 0 Å². The van der Waals surface area contributed by atoms with Crippen LogP contribution in [0.5, 0.6) is 0 Å². The van der Waals surface area contributed by atoms with Crippen LogP contribution in [-0.2, 0) is 0 Å². The summed E-state index contributed by atoms with van der Waals surface area (Å²) >= 11 is 0. The molecule has 0 bridgehead atoms. The molecule has 2 aromatic rings. The Bertz CT molecular complexity index is 746. The normalized spacial score (nSPS) is 15.0. The zero-order valence-electron chi connectivity index (χ0n) is 14.4. The van der Waals surface area contributed by atoms with Gasteiger partial charge in [0.2, 0.25) is 5.91 Å². The summed E-state index contributed by atoms with van der Waals surface area (Å²) in [5.41, 5.74) is 8.01. The van der Waals surface area contributed by atoms with Crippen LogP contribution in [0.1, 0.15) is 40.5 Å². The van der Waals surface area contributed by atoms with E-state index in [0.29, 0.717) is 11.1 Å². The van der Waals surface area contributed by atoms with Crippen LogP contribution in [0.3, 0.4) is 0 Å². The number of nitrogens with two attached hydrogens (primary N) is 1. The fourth-order valence-electron chi connectivity index (χ4n) is 3.01. The molecule has 0 atom stereocenters. The lowest BCUT2D eigenvalue weighted by Crippen LogP contribution is -2.32. The first-order valence-electron chi connectivity index (χ1n) is 8.59. The van der Waals surface area contributed by atoms with Crippen LogP contribution >= 0.6 is 0 Å². The number of carbonyl (C=O) groups excluding carboxylic acids is 2. The minimum absolute atomic E-state index is 0.212. The van der Waals surface area contributed by atoms with Crippen LogP contribution in [0.2, 0.25) is 0 Å². The van der Waals surface area contributed by atoms with Crippen molar-refractivity contribution in [2.75, 3.05) is 23.3 Å². The van der Waals surface area contributed by atoms with Crippen LogP contribution in [0.25, 0.3) is 0 Å². The number of primary amides is 1. The molecule has 5 heteroatoms. The second kappa shape index (κ2) is 7.38. The van der Waals surface area contributed by atoms with E-state index in [4.69, 9.17) is 5.73 Å². The van der Waals surface area contributed by atoms with E-state index in [1.165, 1.54) is 18.5 Å². The predicted octanol–water partition coefficient (Wildman–Crippen LogP) is 3.27. The van der Waals surface area contributed by atoms with Gasteiger partial charge in [0.1, 0.15) is 0 Å². The van der Waals surface area contributed by atoms with Crippen molar-refractivity contribution in [3.8, 4) is 0 Å². The summed E-state index contributed by atoms with van der Waals surface area (Å²) in [7, 11) is 0. The number of rotatable bonds is 4.